The molecular weight excluding hydrogens is 234 g/mol. The highest BCUT2D eigenvalue weighted by Gasteiger charge is 1.88. The largest absolute Gasteiger partial charge is 0.478 e. The second-order valence-electron chi connectivity index (χ2n) is 3.39. The van der Waals surface area contributed by atoms with Gasteiger partial charge in [0.15, 0.2) is 0 Å². The normalized spacial score (nSPS) is 9.61. The highest BCUT2D eigenvalue weighted by atomic mass is 16.4. The van der Waals surface area contributed by atoms with Gasteiger partial charge in [0.25, 0.3) is 0 Å². The molecule has 0 radical (unpaired) electrons. The maximum absolute atomic E-state index is 9.55. The first-order valence-electron chi connectivity index (χ1n) is 5.44. The van der Waals surface area contributed by atoms with Crippen LogP contribution in [0.4, 0.5) is 0 Å². The molecule has 0 saturated heterocycles. The lowest BCUT2D eigenvalue weighted by atomic mass is 10.1. The SMILES string of the molecule is NCCCc1ccccc1.O=C(O)C=CC(=O)O. The van der Waals surface area contributed by atoms with Crippen LogP contribution in [0, 0.1) is 0 Å². The van der Waals surface area contributed by atoms with Crippen LogP contribution in [-0.4, -0.2) is 28.7 Å². The maximum Gasteiger partial charge on any atom is 0.328 e. The summed E-state index contributed by atoms with van der Waals surface area (Å²) in [6.07, 6.45) is 3.31. The van der Waals surface area contributed by atoms with Gasteiger partial charge in [-0.15, -0.1) is 0 Å². The molecule has 18 heavy (non-hydrogen) atoms. The van der Waals surface area contributed by atoms with Gasteiger partial charge in [-0.05, 0) is 24.9 Å². The van der Waals surface area contributed by atoms with E-state index in [0.29, 0.717) is 12.2 Å². The number of aryl methyl sites for hydroxylation is 1. The molecule has 0 bridgehead atoms. The molecule has 5 nitrogen and oxygen atoms in total. The van der Waals surface area contributed by atoms with Gasteiger partial charge in [-0.25, -0.2) is 9.59 Å². The van der Waals surface area contributed by atoms with Gasteiger partial charge in [-0.3, -0.25) is 0 Å². The van der Waals surface area contributed by atoms with Crippen molar-refractivity contribution in [1.29, 1.82) is 0 Å². The Morgan fingerprint density at radius 1 is 1.06 bits per heavy atom. The zero-order valence-electron chi connectivity index (χ0n) is 9.95. The van der Waals surface area contributed by atoms with Crippen molar-refractivity contribution in [3.8, 4) is 0 Å². The van der Waals surface area contributed by atoms with Crippen LogP contribution < -0.4 is 5.73 Å². The van der Waals surface area contributed by atoms with Crippen molar-refractivity contribution in [3.05, 3.63) is 48.0 Å². The van der Waals surface area contributed by atoms with Crippen LogP contribution in [0.1, 0.15) is 12.0 Å². The predicted octanol–water partition coefficient (Wildman–Crippen LogP) is 1.29. The molecule has 0 aliphatic heterocycles. The summed E-state index contributed by atoms with van der Waals surface area (Å²) in [6, 6.07) is 10.4. The third-order valence-electron chi connectivity index (χ3n) is 1.88. The highest BCUT2D eigenvalue weighted by Crippen LogP contribution is 2.00. The first-order chi connectivity index (χ1) is 8.56. The number of aliphatic carboxylic acids is 2. The third kappa shape index (κ3) is 10.4. The number of carboxylic acids is 2. The fourth-order valence-corrected chi connectivity index (χ4v) is 1.09. The quantitative estimate of drug-likeness (QED) is 0.684. The standard InChI is InChI=1S/C9H13N.C4H4O4/c10-8-4-7-9-5-2-1-3-6-9;5-3(6)1-2-4(7)8/h1-3,5-6H,4,7-8,10H2;1-2H,(H,5,6)(H,7,8). The van der Waals surface area contributed by atoms with Crippen LogP contribution in [0.5, 0.6) is 0 Å². The lowest BCUT2D eigenvalue weighted by Crippen LogP contribution is -1.99. The number of nitrogens with two attached hydrogens (primary N) is 1. The zero-order chi connectivity index (χ0) is 13.8. The Morgan fingerprint density at radius 2 is 1.56 bits per heavy atom. The summed E-state index contributed by atoms with van der Waals surface area (Å²) >= 11 is 0. The molecule has 4 N–H and O–H groups in total. The molecule has 98 valence electrons. The number of hydrogen-bond donors (Lipinski definition) is 3. The molecule has 1 rings (SSSR count). The average molecular weight is 251 g/mol. The van der Waals surface area contributed by atoms with Gasteiger partial charge < -0.3 is 15.9 Å². The van der Waals surface area contributed by atoms with E-state index >= 15 is 0 Å². The van der Waals surface area contributed by atoms with E-state index in [-0.39, 0.29) is 0 Å². The Kier molecular flexibility index (Phi) is 8.85. The van der Waals surface area contributed by atoms with E-state index in [2.05, 4.69) is 24.3 Å². The smallest absolute Gasteiger partial charge is 0.328 e. The summed E-state index contributed by atoms with van der Waals surface area (Å²) < 4.78 is 0. The van der Waals surface area contributed by atoms with Crippen molar-refractivity contribution in [3.63, 3.8) is 0 Å². The molecular formula is C13H17NO4. The molecule has 1 aromatic carbocycles. The average Bonchev–Trinajstić information content (AvgIpc) is 2.36. The van der Waals surface area contributed by atoms with Crippen LogP contribution in [0.25, 0.3) is 0 Å². The minimum Gasteiger partial charge on any atom is -0.478 e. The Labute approximate surface area is 106 Å². The van der Waals surface area contributed by atoms with Gasteiger partial charge in [0.05, 0.1) is 0 Å². The molecule has 0 amide bonds. The van der Waals surface area contributed by atoms with E-state index in [1.54, 1.807) is 0 Å². The molecule has 0 spiro atoms. The third-order valence-corrected chi connectivity index (χ3v) is 1.88. The Morgan fingerprint density at radius 3 is 1.94 bits per heavy atom. The van der Waals surface area contributed by atoms with Gasteiger partial charge in [0.1, 0.15) is 0 Å². The monoisotopic (exact) mass is 251 g/mol. The molecule has 0 heterocycles. The van der Waals surface area contributed by atoms with Crippen molar-refractivity contribution in [2.24, 2.45) is 5.73 Å². The second kappa shape index (κ2) is 10.0. The van der Waals surface area contributed by atoms with E-state index < -0.39 is 11.9 Å². The van der Waals surface area contributed by atoms with Gasteiger partial charge in [-0.2, -0.15) is 0 Å². The molecule has 0 fully saturated rings. The van der Waals surface area contributed by atoms with E-state index in [1.807, 2.05) is 6.07 Å². The van der Waals surface area contributed by atoms with E-state index in [0.717, 1.165) is 19.4 Å². The van der Waals surface area contributed by atoms with E-state index in [9.17, 15) is 9.59 Å². The number of benzene rings is 1. The molecule has 0 saturated carbocycles. The van der Waals surface area contributed by atoms with Crippen molar-refractivity contribution in [1.82, 2.24) is 0 Å². The lowest BCUT2D eigenvalue weighted by Gasteiger charge is -1.96. The maximum atomic E-state index is 9.55. The minimum absolute atomic E-state index is 0.558. The van der Waals surface area contributed by atoms with E-state index in [1.165, 1.54) is 5.56 Å². The fraction of sp³-hybridized carbons (Fsp3) is 0.231. The molecule has 0 aliphatic carbocycles. The Hall–Kier alpha value is -2.14. The second-order valence-corrected chi connectivity index (χ2v) is 3.39. The van der Waals surface area contributed by atoms with Crippen LogP contribution in [-0.2, 0) is 16.0 Å². The number of rotatable bonds is 5. The first kappa shape index (κ1) is 15.9. The summed E-state index contributed by atoms with van der Waals surface area (Å²) in [5.74, 6) is -2.51. The van der Waals surface area contributed by atoms with Crippen LogP contribution in [0.15, 0.2) is 42.5 Å². The minimum atomic E-state index is -1.26. The lowest BCUT2D eigenvalue weighted by molar-refractivity contribution is -0.134. The zero-order valence-corrected chi connectivity index (χ0v) is 9.95. The van der Waals surface area contributed by atoms with Gasteiger partial charge in [-0.1, -0.05) is 30.3 Å². The Bertz CT molecular complexity index is 371. The summed E-state index contributed by atoms with van der Waals surface area (Å²) in [6.45, 7) is 0.787. The number of hydrogen-bond acceptors (Lipinski definition) is 3. The Balaban J connectivity index is 0.000000331. The summed E-state index contributed by atoms with van der Waals surface area (Å²) in [7, 11) is 0. The molecule has 0 unspecified atom stereocenters. The fourth-order valence-electron chi connectivity index (χ4n) is 1.09. The van der Waals surface area contributed by atoms with Gasteiger partial charge >= 0.3 is 11.9 Å². The topological polar surface area (TPSA) is 101 Å². The van der Waals surface area contributed by atoms with Gasteiger partial charge in [0, 0.05) is 12.2 Å². The van der Waals surface area contributed by atoms with Crippen molar-refractivity contribution in [2.45, 2.75) is 12.8 Å². The van der Waals surface area contributed by atoms with Crippen molar-refractivity contribution < 1.29 is 19.8 Å². The molecule has 1 aromatic rings. The summed E-state index contributed by atoms with van der Waals surface area (Å²) in [5, 5.41) is 15.6. The predicted molar refractivity (Wildman–Crippen MR) is 68.2 cm³/mol. The van der Waals surface area contributed by atoms with Crippen LogP contribution in [0.2, 0.25) is 0 Å². The van der Waals surface area contributed by atoms with Crippen LogP contribution in [0.3, 0.4) is 0 Å². The first-order valence-corrected chi connectivity index (χ1v) is 5.44. The van der Waals surface area contributed by atoms with Crippen molar-refractivity contribution >= 4 is 11.9 Å². The molecule has 0 atom stereocenters. The van der Waals surface area contributed by atoms with E-state index in [4.69, 9.17) is 15.9 Å². The molecule has 0 aliphatic rings. The molecule has 5 heteroatoms. The van der Waals surface area contributed by atoms with Crippen molar-refractivity contribution in [2.75, 3.05) is 6.54 Å². The highest BCUT2D eigenvalue weighted by molar-refractivity contribution is 5.89. The molecule has 0 aromatic heterocycles. The number of carbonyl (C=O) groups is 2. The summed E-state index contributed by atoms with van der Waals surface area (Å²) in [5.41, 5.74) is 6.76. The number of carboxylic acid groups (broad SMARTS) is 2. The van der Waals surface area contributed by atoms with Crippen LogP contribution >= 0.6 is 0 Å². The summed E-state index contributed by atoms with van der Waals surface area (Å²) in [4.78, 5) is 19.1. The van der Waals surface area contributed by atoms with Gasteiger partial charge in [0.2, 0.25) is 0 Å².